The molecule has 1 aliphatic heterocycles. The van der Waals surface area contributed by atoms with Gasteiger partial charge in [0.1, 0.15) is 10.8 Å². The molecule has 0 fully saturated rings. The maximum atomic E-state index is 12.8. The molecule has 0 amide bonds. The molecule has 0 bridgehead atoms. The van der Waals surface area contributed by atoms with E-state index in [1.807, 2.05) is 17.5 Å². The van der Waals surface area contributed by atoms with Crippen molar-refractivity contribution in [3.63, 3.8) is 0 Å². The Labute approximate surface area is 193 Å². The van der Waals surface area contributed by atoms with Crippen LogP contribution in [0.1, 0.15) is 35.5 Å². The van der Waals surface area contributed by atoms with Crippen molar-refractivity contribution in [2.45, 2.75) is 45.1 Å². The van der Waals surface area contributed by atoms with Gasteiger partial charge < -0.3 is 9.84 Å². The van der Waals surface area contributed by atoms with Gasteiger partial charge in [-0.2, -0.15) is 13.2 Å². The fraction of sp³-hybridized carbons (Fsp3) is 0.333. The summed E-state index contributed by atoms with van der Waals surface area (Å²) < 4.78 is 44.0. The molecule has 0 spiro atoms. The maximum absolute atomic E-state index is 12.8. The molecule has 0 unspecified atom stereocenters. The number of rotatable bonds is 6. The minimum absolute atomic E-state index is 0.516. The zero-order chi connectivity index (χ0) is 23.8. The first-order valence-electron chi connectivity index (χ1n) is 10.4. The number of thiazole rings is 1. The molecule has 1 N–H and O–H groups in total. The molecule has 33 heavy (non-hydrogen) atoms. The van der Waals surface area contributed by atoms with Crippen LogP contribution in [0, 0.1) is 0 Å². The number of alkyl halides is 3. The zero-order valence-electron chi connectivity index (χ0n) is 18.1. The second kappa shape index (κ2) is 8.79. The van der Waals surface area contributed by atoms with Crippen molar-refractivity contribution < 1.29 is 27.8 Å². The Hall–Kier alpha value is -2.91. The van der Waals surface area contributed by atoms with Crippen LogP contribution in [0.3, 0.4) is 0 Å². The molecule has 0 atom stereocenters. The molecule has 9 heteroatoms. The number of halogens is 3. The van der Waals surface area contributed by atoms with Crippen LogP contribution in [-0.2, 0) is 30.5 Å². The van der Waals surface area contributed by atoms with Gasteiger partial charge in [0.25, 0.3) is 0 Å². The number of hydrogen-bond acceptors (Lipinski definition) is 5. The Balaban J connectivity index is 1.43. The van der Waals surface area contributed by atoms with Crippen LogP contribution in [0.4, 0.5) is 13.2 Å². The highest BCUT2D eigenvalue weighted by atomic mass is 32.1. The van der Waals surface area contributed by atoms with Gasteiger partial charge in [-0.15, -0.1) is 11.3 Å². The lowest BCUT2D eigenvalue weighted by Gasteiger charge is -2.29. The minimum Gasteiger partial charge on any atom is -0.478 e. The molecule has 0 saturated carbocycles. The molecule has 1 aromatic heterocycles. The number of nitrogens with zero attached hydrogens (tertiary/aromatic N) is 2. The number of fused-ring (bicyclic) bond motifs is 1. The lowest BCUT2D eigenvalue weighted by Crippen LogP contribution is -2.38. The summed E-state index contributed by atoms with van der Waals surface area (Å²) in [5.74, 6) is -0.517. The van der Waals surface area contributed by atoms with Crippen LogP contribution < -0.4 is 4.74 Å². The van der Waals surface area contributed by atoms with Gasteiger partial charge in [-0.05, 0) is 55.7 Å². The van der Waals surface area contributed by atoms with Crippen molar-refractivity contribution in [3.8, 4) is 17.0 Å². The van der Waals surface area contributed by atoms with Crippen molar-refractivity contribution >= 4 is 17.3 Å². The number of carboxylic acid groups (broad SMARTS) is 1. The van der Waals surface area contributed by atoms with Crippen LogP contribution in [0.25, 0.3) is 11.3 Å². The number of carboxylic acids is 1. The highest BCUT2D eigenvalue weighted by Crippen LogP contribution is 2.32. The molecule has 4 rings (SSSR count). The summed E-state index contributed by atoms with van der Waals surface area (Å²) in [6.45, 7) is 5.17. The number of carbonyl (C=O) groups is 1. The van der Waals surface area contributed by atoms with Crippen LogP contribution in [0.15, 0.2) is 47.8 Å². The maximum Gasteiger partial charge on any atom is 0.416 e. The van der Waals surface area contributed by atoms with Gasteiger partial charge in [0.2, 0.25) is 0 Å². The lowest BCUT2D eigenvalue weighted by molar-refractivity contribution is -0.152. The van der Waals surface area contributed by atoms with Gasteiger partial charge in [-0.25, -0.2) is 9.78 Å². The molecule has 0 saturated heterocycles. The van der Waals surface area contributed by atoms with E-state index in [9.17, 15) is 23.1 Å². The fourth-order valence-corrected chi connectivity index (χ4v) is 4.51. The summed E-state index contributed by atoms with van der Waals surface area (Å²) in [5.41, 5.74) is 1.60. The molecule has 0 radical (unpaired) electrons. The Morgan fingerprint density at radius 2 is 1.88 bits per heavy atom. The van der Waals surface area contributed by atoms with E-state index in [1.165, 1.54) is 42.9 Å². The van der Waals surface area contributed by atoms with E-state index in [4.69, 9.17) is 4.74 Å². The summed E-state index contributed by atoms with van der Waals surface area (Å²) in [4.78, 5) is 18.2. The second-order valence-electron chi connectivity index (χ2n) is 8.51. The average molecular weight is 477 g/mol. The summed E-state index contributed by atoms with van der Waals surface area (Å²) in [6.07, 6.45) is -3.50. The van der Waals surface area contributed by atoms with Crippen LogP contribution >= 0.6 is 11.3 Å². The molecular weight excluding hydrogens is 453 g/mol. The SMILES string of the molecule is CC(C)(Oc1ccc2c(c1)CN(Cc1nc(-c3ccc(C(F)(F)F)cc3)cs1)CC2)C(=O)O. The highest BCUT2D eigenvalue weighted by molar-refractivity contribution is 7.09. The predicted octanol–water partition coefficient (Wildman–Crippen LogP) is 5.63. The highest BCUT2D eigenvalue weighted by Gasteiger charge is 2.31. The van der Waals surface area contributed by atoms with Gasteiger partial charge >= 0.3 is 12.1 Å². The quantitative estimate of drug-likeness (QED) is 0.500. The van der Waals surface area contributed by atoms with E-state index in [1.54, 1.807) is 6.07 Å². The normalized spacial score (nSPS) is 14.7. The molecule has 2 heterocycles. The van der Waals surface area contributed by atoms with Crippen molar-refractivity contribution in [2.75, 3.05) is 6.54 Å². The topological polar surface area (TPSA) is 62.7 Å². The van der Waals surface area contributed by atoms with E-state index in [2.05, 4.69) is 9.88 Å². The van der Waals surface area contributed by atoms with E-state index < -0.39 is 23.3 Å². The summed E-state index contributed by atoms with van der Waals surface area (Å²) in [7, 11) is 0. The Kier molecular flexibility index (Phi) is 6.20. The number of benzene rings is 2. The largest absolute Gasteiger partial charge is 0.478 e. The first-order valence-corrected chi connectivity index (χ1v) is 11.3. The number of hydrogen-bond donors (Lipinski definition) is 1. The lowest BCUT2D eigenvalue weighted by atomic mass is 9.99. The molecule has 174 valence electrons. The zero-order valence-corrected chi connectivity index (χ0v) is 19.0. The molecule has 3 aromatic rings. The van der Waals surface area contributed by atoms with Gasteiger partial charge in [0.05, 0.1) is 17.8 Å². The fourth-order valence-electron chi connectivity index (χ4n) is 3.67. The van der Waals surface area contributed by atoms with Crippen LogP contribution in [0.2, 0.25) is 0 Å². The molecular formula is C24H23F3N2O3S. The molecule has 5 nitrogen and oxygen atoms in total. The number of aliphatic carboxylic acids is 1. The smallest absolute Gasteiger partial charge is 0.416 e. The third kappa shape index (κ3) is 5.36. The third-order valence-electron chi connectivity index (χ3n) is 5.58. The average Bonchev–Trinajstić information content (AvgIpc) is 3.21. The van der Waals surface area contributed by atoms with Crippen LogP contribution in [0.5, 0.6) is 5.75 Å². The molecule has 0 aliphatic carbocycles. The number of aromatic nitrogens is 1. The van der Waals surface area contributed by atoms with E-state index in [0.29, 0.717) is 30.1 Å². The van der Waals surface area contributed by atoms with Crippen molar-refractivity contribution in [1.29, 1.82) is 0 Å². The summed E-state index contributed by atoms with van der Waals surface area (Å²) >= 11 is 1.48. The molecule has 2 aromatic carbocycles. The van der Waals surface area contributed by atoms with Crippen molar-refractivity contribution in [3.05, 3.63) is 69.5 Å². The van der Waals surface area contributed by atoms with Gasteiger partial charge in [0.15, 0.2) is 5.60 Å². The minimum atomic E-state index is -4.36. The summed E-state index contributed by atoms with van der Waals surface area (Å²) in [6, 6.07) is 10.7. The second-order valence-corrected chi connectivity index (χ2v) is 9.45. The van der Waals surface area contributed by atoms with E-state index in [0.717, 1.165) is 35.7 Å². The monoisotopic (exact) mass is 476 g/mol. The van der Waals surface area contributed by atoms with Crippen molar-refractivity contribution in [2.24, 2.45) is 0 Å². The number of ether oxygens (including phenoxy) is 1. The Morgan fingerprint density at radius 3 is 2.55 bits per heavy atom. The Bertz CT molecular complexity index is 1160. The standard InChI is InChI=1S/C24H23F3N2O3S/c1-23(2,22(30)31)32-19-8-5-15-9-10-29(12-17(15)11-19)13-21-28-20(14-33-21)16-3-6-18(7-4-16)24(25,26)27/h3-8,11,14H,9-10,12-13H2,1-2H3,(H,30,31). The molecule has 1 aliphatic rings. The van der Waals surface area contributed by atoms with Gasteiger partial charge in [-0.3, -0.25) is 4.90 Å². The predicted molar refractivity (Wildman–Crippen MR) is 119 cm³/mol. The van der Waals surface area contributed by atoms with Crippen LogP contribution in [-0.4, -0.2) is 33.1 Å². The van der Waals surface area contributed by atoms with E-state index in [-0.39, 0.29) is 0 Å². The van der Waals surface area contributed by atoms with Crippen molar-refractivity contribution in [1.82, 2.24) is 9.88 Å². The summed E-state index contributed by atoms with van der Waals surface area (Å²) in [5, 5.41) is 12.0. The van der Waals surface area contributed by atoms with Gasteiger partial charge in [0, 0.05) is 24.0 Å². The Morgan fingerprint density at radius 1 is 1.15 bits per heavy atom. The first-order chi connectivity index (χ1) is 15.5. The van der Waals surface area contributed by atoms with E-state index >= 15 is 0 Å². The van der Waals surface area contributed by atoms with Gasteiger partial charge in [-0.1, -0.05) is 18.2 Å². The third-order valence-corrected chi connectivity index (χ3v) is 6.41. The first kappa shape index (κ1) is 23.3.